The molecule has 9 nitrogen and oxygen atoms in total. The van der Waals surface area contributed by atoms with Crippen molar-refractivity contribution in [1.29, 1.82) is 0 Å². The summed E-state index contributed by atoms with van der Waals surface area (Å²) in [6.45, 7) is 2.03. The van der Waals surface area contributed by atoms with Crippen molar-refractivity contribution in [3.05, 3.63) is 109 Å². The van der Waals surface area contributed by atoms with Gasteiger partial charge in [-0.2, -0.15) is 10.2 Å². The minimum atomic E-state index is -0.277. The molecule has 0 amide bonds. The van der Waals surface area contributed by atoms with Crippen molar-refractivity contribution in [2.45, 2.75) is 13.2 Å². The van der Waals surface area contributed by atoms with Gasteiger partial charge >= 0.3 is 0 Å². The van der Waals surface area contributed by atoms with Gasteiger partial charge in [0, 0.05) is 18.0 Å². The molecule has 0 fully saturated rings. The molecule has 2 aliphatic heterocycles. The molecule has 2 N–H and O–H groups in total. The number of aromatic amines is 1. The lowest BCUT2D eigenvalue weighted by molar-refractivity contribution is 0.757. The van der Waals surface area contributed by atoms with Gasteiger partial charge in [-0.3, -0.25) is 4.90 Å². The number of nitrogens with one attached hydrogen (secondary N) is 2. The number of rotatable bonds is 4. The smallest absolute Gasteiger partial charge is 0.201 e. The number of H-pyrrole nitrogens is 1. The lowest BCUT2D eigenvalue weighted by Gasteiger charge is -2.31. The molecule has 170 valence electrons. The standard InChI is InChI=1S/C26H21N9/c1-17-24(25(33-16-28-15-29-33)35(32-17)19-7-3-2-4-8-19)23-13-21(18-11-12-27-14-18)31-26-30-20-9-5-6-10-22(20)34(23)26/h2-16,26-27,30H,1H3. The highest BCUT2D eigenvalue weighted by Crippen LogP contribution is 2.44. The molecule has 2 aromatic carbocycles. The minimum Gasteiger partial charge on any atom is -0.367 e. The fourth-order valence-electron chi connectivity index (χ4n) is 4.79. The molecule has 0 aliphatic carbocycles. The number of allylic oxidation sites excluding steroid dienone is 1. The quantitative estimate of drug-likeness (QED) is 0.421. The number of aromatic nitrogens is 6. The minimum absolute atomic E-state index is 0.277. The SMILES string of the molecule is Cc1nn(-c2ccccc2)c(-n2cncn2)c1C1=CC(c2cc[nH]c2)=NC2Nc3ccccc3N12. The maximum absolute atomic E-state index is 5.04. The van der Waals surface area contributed by atoms with E-state index >= 15 is 0 Å². The van der Waals surface area contributed by atoms with Crippen molar-refractivity contribution in [2.24, 2.45) is 4.99 Å². The van der Waals surface area contributed by atoms with Gasteiger partial charge in [-0.15, -0.1) is 0 Å². The normalized spacial score (nSPS) is 16.4. The maximum atomic E-state index is 5.04. The Balaban J connectivity index is 1.50. The number of hydrogen-bond donors (Lipinski definition) is 2. The highest BCUT2D eigenvalue weighted by atomic mass is 15.5. The third-order valence-electron chi connectivity index (χ3n) is 6.31. The summed E-state index contributed by atoms with van der Waals surface area (Å²) in [5.74, 6) is 0.816. The van der Waals surface area contributed by atoms with Crippen LogP contribution in [0.2, 0.25) is 0 Å². The summed E-state index contributed by atoms with van der Waals surface area (Å²) in [4.78, 5) is 14.6. The van der Waals surface area contributed by atoms with Crippen molar-refractivity contribution in [2.75, 3.05) is 10.2 Å². The van der Waals surface area contributed by atoms with Crippen LogP contribution in [0.3, 0.4) is 0 Å². The molecule has 0 saturated carbocycles. The number of para-hydroxylation sites is 3. The van der Waals surface area contributed by atoms with Crippen molar-refractivity contribution in [1.82, 2.24) is 29.5 Å². The topological polar surface area (TPSA) is 91.9 Å². The van der Waals surface area contributed by atoms with E-state index < -0.39 is 0 Å². The molecule has 7 rings (SSSR count). The van der Waals surface area contributed by atoms with Crippen LogP contribution in [0.15, 0.2) is 96.8 Å². The molecule has 3 aromatic heterocycles. The molecule has 5 heterocycles. The van der Waals surface area contributed by atoms with Crippen molar-refractivity contribution >= 4 is 22.8 Å². The summed E-state index contributed by atoms with van der Waals surface area (Å²) in [6, 6.07) is 20.4. The van der Waals surface area contributed by atoms with Gasteiger partial charge in [0.1, 0.15) is 12.7 Å². The van der Waals surface area contributed by atoms with Crippen LogP contribution in [-0.2, 0) is 0 Å². The number of anilines is 2. The third-order valence-corrected chi connectivity index (χ3v) is 6.31. The zero-order valence-electron chi connectivity index (χ0n) is 18.9. The second-order valence-electron chi connectivity index (χ2n) is 8.42. The molecule has 2 aliphatic rings. The van der Waals surface area contributed by atoms with Gasteiger partial charge in [-0.25, -0.2) is 19.3 Å². The van der Waals surface area contributed by atoms with Gasteiger partial charge in [-0.1, -0.05) is 30.3 Å². The molecule has 35 heavy (non-hydrogen) atoms. The van der Waals surface area contributed by atoms with Crippen LogP contribution < -0.4 is 10.2 Å². The Morgan fingerprint density at radius 2 is 1.83 bits per heavy atom. The van der Waals surface area contributed by atoms with Crippen molar-refractivity contribution in [3.63, 3.8) is 0 Å². The summed E-state index contributed by atoms with van der Waals surface area (Å²) in [6.07, 6.45) is 8.97. The second-order valence-corrected chi connectivity index (χ2v) is 8.42. The first-order valence-electron chi connectivity index (χ1n) is 11.4. The zero-order chi connectivity index (χ0) is 23.4. The Kier molecular flexibility index (Phi) is 4.22. The second kappa shape index (κ2) is 7.56. The van der Waals surface area contributed by atoms with Crippen LogP contribution in [0.4, 0.5) is 11.4 Å². The van der Waals surface area contributed by atoms with E-state index in [1.54, 1.807) is 17.3 Å². The summed E-state index contributed by atoms with van der Waals surface area (Å²) >= 11 is 0. The van der Waals surface area contributed by atoms with Crippen LogP contribution in [0.5, 0.6) is 0 Å². The van der Waals surface area contributed by atoms with Gasteiger partial charge in [0.05, 0.1) is 39.7 Å². The predicted molar refractivity (Wildman–Crippen MR) is 135 cm³/mol. The maximum Gasteiger partial charge on any atom is 0.201 e. The molecule has 1 unspecified atom stereocenters. The first kappa shape index (κ1) is 19.5. The van der Waals surface area contributed by atoms with E-state index in [9.17, 15) is 0 Å². The Morgan fingerprint density at radius 3 is 2.63 bits per heavy atom. The van der Waals surface area contributed by atoms with Crippen LogP contribution >= 0.6 is 0 Å². The van der Waals surface area contributed by atoms with Gasteiger partial charge in [0.25, 0.3) is 0 Å². The first-order chi connectivity index (χ1) is 17.3. The molecule has 0 radical (unpaired) electrons. The van der Waals surface area contributed by atoms with Crippen LogP contribution in [0.25, 0.3) is 17.2 Å². The Morgan fingerprint density at radius 1 is 0.971 bits per heavy atom. The molecule has 0 bridgehead atoms. The number of aliphatic imine (C=N–C) groups is 1. The molecule has 0 saturated heterocycles. The number of fused-ring (bicyclic) bond motifs is 3. The van der Waals surface area contributed by atoms with Gasteiger partial charge in [0.15, 0.2) is 5.82 Å². The summed E-state index contributed by atoms with van der Waals surface area (Å²) < 4.78 is 3.70. The number of hydrogen-bond acceptors (Lipinski definition) is 6. The Hall–Kier alpha value is -4.92. The monoisotopic (exact) mass is 459 g/mol. The summed E-state index contributed by atoms with van der Waals surface area (Å²) in [7, 11) is 0. The zero-order valence-corrected chi connectivity index (χ0v) is 18.9. The largest absolute Gasteiger partial charge is 0.367 e. The van der Waals surface area contributed by atoms with E-state index in [1.165, 1.54) is 0 Å². The lowest BCUT2D eigenvalue weighted by atomic mass is 10.0. The number of benzene rings is 2. The molecular formula is C26H21N9. The fourth-order valence-corrected chi connectivity index (χ4v) is 4.79. The van der Waals surface area contributed by atoms with Crippen LogP contribution in [0.1, 0.15) is 16.8 Å². The van der Waals surface area contributed by atoms with Gasteiger partial charge in [-0.05, 0) is 43.3 Å². The fraction of sp³-hybridized carbons (Fsp3) is 0.0769. The Labute approximate surface area is 201 Å². The van der Waals surface area contributed by atoms with E-state index in [4.69, 9.17) is 10.1 Å². The average Bonchev–Trinajstić information content (AvgIpc) is 3.69. The highest BCUT2D eigenvalue weighted by Gasteiger charge is 2.37. The number of aryl methyl sites for hydroxylation is 1. The molecule has 1 atom stereocenters. The summed E-state index contributed by atoms with van der Waals surface area (Å²) in [5, 5.41) is 13.0. The molecule has 5 aromatic rings. The Bertz CT molecular complexity index is 1580. The van der Waals surface area contributed by atoms with Crippen LogP contribution in [-0.4, -0.2) is 41.5 Å². The predicted octanol–water partition coefficient (Wildman–Crippen LogP) is 4.15. The van der Waals surface area contributed by atoms with E-state index in [-0.39, 0.29) is 6.29 Å². The van der Waals surface area contributed by atoms with E-state index in [1.807, 2.05) is 72.5 Å². The third kappa shape index (κ3) is 3.02. The van der Waals surface area contributed by atoms with E-state index in [2.05, 4.69) is 43.5 Å². The lowest BCUT2D eigenvalue weighted by Crippen LogP contribution is -2.37. The first-order valence-corrected chi connectivity index (χ1v) is 11.4. The van der Waals surface area contributed by atoms with E-state index in [0.29, 0.717) is 0 Å². The molecule has 9 heteroatoms. The van der Waals surface area contributed by atoms with Crippen molar-refractivity contribution in [3.8, 4) is 11.5 Å². The summed E-state index contributed by atoms with van der Waals surface area (Å²) in [5.41, 5.74) is 7.79. The average molecular weight is 460 g/mol. The molecule has 0 spiro atoms. The highest BCUT2D eigenvalue weighted by molar-refractivity contribution is 6.16. The van der Waals surface area contributed by atoms with E-state index in [0.717, 1.165) is 51.1 Å². The van der Waals surface area contributed by atoms with Crippen molar-refractivity contribution < 1.29 is 0 Å². The molecular weight excluding hydrogens is 438 g/mol. The van der Waals surface area contributed by atoms with Crippen LogP contribution in [0, 0.1) is 6.92 Å². The van der Waals surface area contributed by atoms with Gasteiger partial charge < -0.3 is 10.3 Å². The number of nitrogens with zero attached hydrogens (tertiary/aromatic N) is 7. The van der Waals surface area contributed by atoms with Gasteiger partial charge in [0.2, 0.25) is 6.29 Å².